The summed E-state index contributed by atoms with van der Waals surface area (Å²) in [6, 6.07) is 2.45. The fraction of sp³-hybridized carbons (Fsp3) is 0.867. The van der Waals surface area contributed by atoms with E-state index in [0.29, 0.717) is 12.5 Å². The van der Waals surface area contributed by atoms with E-state index in [-0.39, 0.29) is 17.9 Å². The van der Waals surface area contributed by atoms with Crippen molar-refractivity contribution in [2.45, 2.75) is 52.1 Å². The van der Waals surface area contributed by atoms with Gasteiger partial charge in [0.2, 0.25) is 5.91 Å². The van der Waals surface area contributed by atoms with Gasteiger partial charge < -0.3 is 11.1 Å². The molecule has 0 aromatic rings. The van der Waals surface area contributed by atoms with Crippen LogP contribution < -0.4 is 11.1 Å². The fourth-order valence-electron chi connectivity index (χ4n) is 2.53. The SMILES string of the molecule is CCC1CN(CC(=O)NC(C)(C#N)C(C)C)CCC1N. The van der Waals surface area contributed by atoms with Crippen LogP contribution in [0.2, 0.25) is 0 Å². The molecule has 0 aliphatic carbocycles. The highest BCUT2D eigenvalue weighted by atomic mass is 16.2. The molecule has 3 N–H and O–H groups in total. The summed E-state index contributed by atoms with van der Waals surface area (Å²) < 4.78 is 0. The smallest absolute Gasteiger partial charge is 0.235 e. The molecular formula is C15H28N4O. The van der Waals surface area contributed by atoms with Gasteiger partial charge in [-0.05, 0) is 25.2 Å². The number of nitrogens with one attached hydrogen (secondary N) is 1. The molecule has 3 atom stereocenters. The quantitative estimate of drug-likeness (QED) is 0.790. The van der Waals surface area contributed by atoms with Crippen molar-refractivity contribution in [3.8, 4) is 6.07 Å². The van der Waals surface area contributed by atoms with Gasteiger partial charge >= 0.3 is 0 Å². The lowest BCUT2D eigenvalue weighted by Gasteiger charge is -2.36. The predicted octanol–water partition coefficient (Wildman–Crippen LogP) is 1.10. The number of amides is 1. The number of carbonyl (C=O) groups is 1. The van der Waals surface area contributed by atoms with Crippen LogP contribution in [0.3, 0.4) is 0 Å². The van der Waals surface area contributed by atoms with Crippen molar-refractivity contribution in [2.24, 2.45) is 17.6 Å². The van der Waals surface area contributed by atoms with E-state index < -0.39 is 5.54 Å². The minimum atomic E-state index is -0.798. The van der Waals surface area contributed by atoms with Crippen molar-refractivity contribution in [3.63, 3.8) is 0 Å². The third-order valence-electron chi connectivity index (χ3n) is 4.55. The minimum absolute atomic E-state index is 0.0759. The van der Waals surface area contributed by atoms with Crippen molar-refractivity contribution >= 4 is 5.91 Å². The van der Waals surface area contributed by atoms with Crippen LogP contribution in [0.4, 0.5) is 0 Å². The number of nitriles is 1. The molecule has 1 aliphatic heterocycles. The summed E-state index contributed by atoms with van der Waals surface area (Å²) >= 11 is 0. The van der Waals surface area contributed by atoms with E-state index in [1.165, 1.54) is 0 Å². The van der Waals surface area contributed by atoms with Crippen molar-refractivity contribution in [3.05, 3.63) is 0 Å². The minimum Gasteiger partial charge on any atom is -0.337 e. The first-order chi connectivity index (χ1) is 9.32. The predicted molar refractivity (Wildman–Crippen MR) is 79.8 cm³/mol. The molecular weight excluding hydrogens is 252 g/mol. The van der Waals surface area contributed by atoms with Crippen LogP contribution in [0.5, 0.6) is 0 Å². The van der Waals surface area contributed by atoms with Gasteiger partial charge in [-0.3, -0.25) is 9.69 Å². The van der Waals surface area contributed by atoms with E-state index in [0.717, 1.165) is 25.9 Å². The number of nitrogens with zero attached hydrogens (tertiary/aromatic N) is 2. The maximum absolute atomic E-state index is 12.1. The van der Waals surface area contributed by atoms with Gasteiger partial charge in [0.1, 0.15) is 5.54 Å². The zero-order valence-electron chi connectivity index (χ0n) is 13.1. The van der Waals surface area contributed by atoms with Crippen LogP contribution in [-0.2, 0) is 4.79 Å². The zero-order valence-corrected chi connectivity index (χ0v) is 13.1. The van der Waals surface area contributed by atoms with E-state index in [9.17, 15) is 10.1 Å². The van der Waals surface area contributed by atoms with Gasteiger partial charge in [-0.1, -0.05) is 27.2 Å². The Morgan fingerprint density at radius 2 is 2.25 bits per heavy atom. The van der Waals surface area contributed by atoms with Gasteiger partial charge in [-0.2, -0.15) is 5.26 Å². The number of hydrogen-bond acceptors (Lipinski definition) is 4. The topological polar surface area (TPSA) is 82.2 Å². The van der Waals surface area contributed by atoms with Crippen molar-refractivity contribution in [1.29, 1.82) is 5.26 Å². The molecule has 0 radical (unpaired) electrons. The Labute approximate surface area is 122 Å². The van der Waals surface area contributed by atoms with E-state index in [2.05, 4.69) is 23.2 Å². The molecule has 1 amide bonds. The van der Waals surface area contributed by atoms with Gasteiger partial charge in [0.25, 0.3) is 0 Å². The first-order valence-corrected chi connectivity index (χ1v) is 7.52. The number of rotatable bonds is 5. The third kappa shape index (κ3) is 4.19. The van der Waals surface area contributed by atoms with E-state index in [4.69, 9.17) is 5.73 Å². The Balaban J connectivity index is 2.53. The Morgan fingerprint density at radius 1 is 1.60 bits per heavy atom. The maximum Gasteiger partial charge on any atom is 0.235 e. The highest BCUT2D eigenvalue weighted by molar-refractivity contribution is 5.79. The molecule has 0 aromatic heterocycles. The number of piperidine rings is 1. The van der Waals surface area contributed by atoms with E-state index in [1.54, 1.807) is 6.92 Å². The van der Waals surface area contributed by atoms with E-state index >= 15 is 0 Å². The van der Waals surface area contributed by atoms with Crippen molar-refractivity contribution in [2.75, 3.05) is 19.6 Å². The monoisotopic (exact) mass is 280 g/mol. The normalized spacial score (nSPS) is 26.9. The molecule has 114 valence electrons. The van der Waals surface area contributed by atoms with Gasteiger partial charge in [-0.15, -0.1) is 0 Å². The molecule has 0 saturated carbocycles. The van der Waals surface area contributed by atoms with Crippen LogP contribution >= 0.6 is 0 Å². The van der Waals surface area contributed by atoms with Crippen molar-refractivity contribution in [1.82, 2.24) is 10.2 Å². The summed E-state index contributed by atoms with van der Waals surface area (Å²) in [6.07, 6.45) is 1.98. The Morgan fingerprint density at radius 3 is 2.75 bits per heavy atom. The molecule has 1 rings (SSSR count). The van der Waals surface area contributed by atoms with Crippen LogP contribution in [-0.4, -0.2) is 42.0 Å². The second-order valence-corrected chi connectivity index (χ2v) is 6.37. The Bertz CT molecular complexity index is 377. The average molecular weight is 280 g/mol. The largest absolute Gasteiger partial charge is 0.337 e. The Hall–Kier alpha value is -1.12. The highest BCUT2D eigenvalue weighted by Gasteiger charge is 2.32. The zero-order chi connectivity index (χ0) is 15.3. The molecule has 3 unspecified atom stereocenters. The van der Waals surface area contributed by atoms with Crippen molar-refractivity contribution < 1.29 is 4.79 Å². The molecule has 20 heavy (non-hydrogen) atoms. The second kappa shape index (κ2) is 7.05. The summed E-state index contributed by atoms with van der Waals surface area (Å²) in [6.45, 7) is 9.88. The first kappa shape index (κ1) is 16.9. The number of hydrogen-bond donors (Lipinski definition) is 2. The molecule has 5 nitrogen and oxygen atoms in total. The molecule has 1 heterocycles. The summed E-state index contributed by atoms with van der Waals surface area (Å²) in [4.78, 5) is 14.3. The first-order valence-electron chi connectivity index (χ1n) is 7.52. The summed E-state index contributed by atoms with van der Waals surface area (Å²) in [7, 11) is 0. The second-order valence-electron chi connectivity index (χ2n) is 6.37. The standard InChI is InChI=1S/C15H28N4O/c1-5-12-8-19(7-6-13(12)17)9-14(20)18-15(4,10-16)11(2)3/h11-13H,5-9,17H2,1-4H3,(H,18,20). The molecule has 0 aromatic carbocycles. The summed E-state index contributed by atoms with van der Waals surface area (Å²) in [5.74, 6) is 0.465. The molecule has 1 aliphatic rings. The van der Waals surface area contributed by atoms with Gasteiger partial charge in [0.05, 0.1) is 12.6 Å². The number of nitrogens with two attached hydrogens (primary N) is 1. The molecule has 5 heteroatoms. The molecule has 0 bridgehead atoms. The maximum atomic E-state index is 12.1. The lowest BCUT2D eigenvalue weighted by molar-refractivity contribution is -0.124. The molecule has 1 fully saturated rings. The highest BCUT2D eigenvalue weighted by Crippen LogP contribution is 2.19. The third-order valence-corrected chi connectivity index (χ3v) is 4.55. The number of likely N-dealkylation sites (tertiary alicyclic amines) is 1. The lowest BCUT2D eigenvalue weighted by Crippen LogP contribution is -2.54. The fourth-order valence-corrected chi connectivity index (χ4v) is 2.53. The van der Waals surface area contributed by atoms with Crippen LogP contribution in [0.15, 0.2) is 0 Å². The van der Waals surface area contributed by atoms with Gasteiger partial charge in [0, 0.05) is 19.1 Å². The molecule has 0 spiro atoms. The van der Waals surface area contributed by atoms with Gasteiger partial charge in [0.15, 0.2) is 0 Å². The summed E-state index contributed by atoms with van der Waals surface area (Å²) in [5.41, 5.74) is 5.28. The van der Waals surface area contributed by atoms with Crippen LogP contribution in [0.1, 0.15) is 40.5 Å². The average Bonchev–Trinajstić information content (AvgIpc) is 2.40. The number of carbonyl (C=O) groups excluding carboxylic acids is 1. The van der Waals surface area contributed by atoms with Crippen LogP contribution in [0.25, 0.3) is 0 Å². The molecule has 1 saturated heterocycles. The summed E-state index contributed by atoms with van der Waals surface area (Å²) in [5, 5.41) is 12.1. The lowest BCUT2D eigenvalue weighted by atomic mass is 9.89. The van der Waals surface area contributed by atoms with E-state index in [1.807, 2.05) is 13.8 Å². The van der Waals surface area contributed by atoms with Crippen LogP contribution in [0, 0.1) is 23.2 Å². The van der Waals surface area contributed by atoms with Gasteiger partial charge in [-0.25, -0.2) is 0 Å². The Kier molecular flexibility index (Phi) is 5.97.